The first-order valence-corrected chi connectivity index (χ1v) is 4.86. The lowest BCUT2D eigenvalue weighted by molar-refractivity contribution is 0.291. The van der Waals surface area contributed by atoms with Crippen LogP contribution >= 0.6 is 0 Å². The van der Waals surface area contributed by atoms with Crippen LogP contribution in [0.5, 0.6) is 5.75 Å². The molecular weight excluding hydrogens is 190 g/mol. The number of nitrogens with zero attached hydrogens (tertiary/aromatic N) is 3. The molecule has 0 saturated carbocycles. The van der Waals surface area contributed by atoms with Gasteiger partial charge in [-0.25, -0.2) is 9.67 Å². The van der Waals surface area contributed by atoms with Crippen LogP contribution in [0.1, 0.15) is 5.56 Å². The molecule has 4 nitrogen and oxygen atoms in total. The fourth-order valence-corrected chi connectivity index (χ4v) is 1.24. The first-order chi connectivity index (χ1) is 7.34. The number of hydrogen-bond acceptors (Lipinski definition) is 3. The molecule has 1 aromatic heterocycles. The average molecular weight is 203 g/mol. The van der Waals surface area contributed by atoms with Crippen LogP contribution in [0.15, 0.2) is 36.9 Å². The minimum Gasteiger partial charge on any atom is -0.492 e. The first-order valence-electron chi connectivity index (χ1n) is 4.86. The van der Waals surface area contributed by atoms with E-state index in [1.54, 1.807) is 11.0 Å². The van der Waals surface area contributed by atoms with Crippen molar-refractivity contribution in [3.63, 3.8) is 0 Å². The monoisotopic (exact) mass is 203 g/mol. The molecule has 0 spiro atoms. The Kier molecular flexibility index (Phi) is 2.97. The van der Waals surface area contributed by atoms with Gasteiger partial charge in [0.15, 0.2) is 0 Å². The second-order valence-electron chi connectivity index (χ2n) is 3.32. The van der Waals surface area contributed by atoms with Gasteiger partial charge in [0.1, 0.15) is 25.0 Å². The summed E-state index contributed by atoms with van der Waals surface area (Å²) in [6.07, 6.45) is 3.20. The summed E-state index contributed by atoms with van der Waals surface area (Å²) in [6.45, 7) is 3.37. The van der Waals surface area contributed by atoms with Gasteiger partial charge in [0, 0.05) is 0 Å². The number of rotatable bonds is 4. The van der Waals surface area contributed by atoms with Gasteiger partial charge in [-0.2, -0.15) is 5.10 Å². The molecule has 0 N–H and O–H groups in total. The summed E-state index contributed by atoms with van der Waals surface area (Å²) in [4.78, 5) is 3.86. The normalized spacial score (nSPS) is 10.2. The summed E-state index contributed by atoms with van der Waals surface area (Å²) in [6, 6.07) is 8.00. The number of hydrogen-bond donors (Lipinski definition) is 0. The molecule has 1 aromatic carbocycles. The van der Waals surface area contributed by atoms with Crippen molar-refractivity contribution in [3.05, 3.63) is 42.5 Å². The molecule has 2 aromatic rings. The third-order valence-electron chi connectivity index (χ3n) is 2.08. The zero-order chi connectivity index (χ0) is 10.5. The second kappa shape index (κ2) is 4.59. The van der Waals surface area contributed by atoms with E-state index in [1.165, 1.54) is 11.9 Å². The molecule has 0 radical (unpaired) electrons. The molecule has 0 bridgehead atoms. The highest BCUT2D eigenvalue weighted by atomic mass is 16.5. The molecule has 0 atom stereocenters. The van der Waals surface area contributed by atoms with E-state index < -0.39 is 0 Å². The summed E-state index contributed by atoms with van der Waals surface area (Å²) >= 11 is 0. The van der Waals surface area contributed by atoms with Gasteiger partial charge in [0.05, 0.1) is 6.54 Å². The van der Waals surface area contributed by atoms with Gasteiger partial charge in [-0.05, 0) is 19.1 Å². The number of aryl methyl sites for hydroxylation is 1. The Morgan fingerprint density at radius 3 is 2.73 bits per heavy atom. The number of benzene rings is 1. The van der Waals surface area contributed by atoms with Crippen LogP contribution in [-0.4, -0.2) is 21.4 Å². The van der Waals surface area contributed by atoms with Crippen LogP contribution < -0.4 is 4.74 Å². The molecule has 78 valence electrons. The molecule has 0 aliphatic carbocycles. The Labute approximate surface area is 88.5 Å². The maximum Gasteiger partial charge on any atom is 0.137 e. The molecule has 1 heterocycles. The molecule has 2 rings (SSSR count). The topological polar surface area (TPSA) is 39.9 Å². The Bertz CT molecular complexity index is 394. The molecule has 0 aliphatic heterocycles. The van der Waals surface area contributed by atoms with E-state index in [4.69, 9.17) is 4.74 Å². The van der Waals surface area contributed by atoms with E-state index >= 15 is 0 Å². The summed E-state index contributed by atoms with van der Waals surface area (Å²) in [5.74, 6) is 0.890. The SMILES string of the molecule is Cc1ccc(OCCn2cncn2)cc1. The van der Waals surface area contributed by atoms with Crippen molar-refractivity contribution in [2.75, 3.05) is 6.61 Å². The lowest BCUT2D eigenvalue weighted by Gasteiger charge is -2.05. The van der Waals surface area contributed by atoms with Crippen LogP contribution in [0.3, 0.4) is 0 Å². The highest BCUT2D eigenvalue weighted by molar-refractivity contribution is 5.26. The second-order valence-corrected chi connectivity index (χ2v) is 3.32. The highest BCUT2D eigenvalue weighted by Crippen LogP contribution is 2.10. The van der Waals surface area contributed by atoms with Gasteiger partial charge >= 0.3 is 0 Å². The lowest BCUT2D eigenvalue weighted by atomic mass is 10.2. The standard InChI is InChI=1S/C11H13N3O/c1-10-2-4-11(5-3-10)15-7-6-14-9-12-8-13-14/h2-5,8-9H,6-7H2,1H3. The largest absolute Gasteiger partial charge is 0.492 e. The minimum atomic E-state index is 0.604. The predicted molar refractivity (Wildman–Crippen MR) is 56.7 cm³/mol. The maximum atomic E-state index is 5.55. The van der Waals surface area contributed by atoms with Gasteiger partial charge in [-0.3, -0.25) is 0 Å². The molecule has 0 amide bonds. The van der Waals surface area contributed by atoms with E-state index in [2.05, 4.69) is 17.0 Å². The van der Waals surface area contributed by atoms with Crippen LogP contribution in [0.25, 0.3) is 0 Å². The molecule has 0 aliphatic rings. The fourth-order valence-electron chi connectivity index (χ4n) is 1.24. The third-order valence-corrected chi connectivity index (χ3v) is 2.08. The fraction of sp³-hybridized carbons (Fsp3) is 0.273. The Morgan fingerprint density at radius 2 is 2.07 bits per heavy atom. The zero-order valence-electron chi connectivity index (χ0n) is 8.63. The average Bonchev–Trinajstić information content (AvgIpc) is 2.74. The Balaban J connectivity index is 1.81. The quantitative estimate of drug-likeness (QED) is 0.758. The van der Waals surface area contributed by atoms with Crippen molar-refractivity contribution in [1.82, 2.24) is 14.8 Å². The van der Waals surface area contributed by atoms with Gasteiger partial charge in [0.2, 0.25) is 0 Å². The van der Waals surface area contributed by atoms with Gasteiger partial charge in [-0.15, -0.1) is 0 Å². The van der Waals surface area contributed by atoms with E-state index in [1.807, 2.05) is 24.3 Å². The number of ether oxygens (including phenoxy) is 1. The Hall–Kier alpha value is -1.84. The van der Waals surface area contributed by atoms with Gasteiger partial charge in [-0.1, -0.05) is 17.7 Å². The van der Waals surface area contributed by atoms with E-state index in [-0.39, 0.29) is 0 Å². The smallest absolute Gasteiger partial charge is 0.137 e. The molecule has 15 heavy (non-hydrogen) atoms. The summed E-state index contributed by atoms with van der Waals surface area (Å²) in [5.41, 5.74) is 1.23. The van der Waals surface area contributed by atoms with E-state index in [9.17, 15) is 0 Å². The predicted octanol–water partition coefficient (Wildman–Crippen LogP) is 1.67. The minimum absolute atomic E-state index is 0.604. The van der Waals surface area contributed by atoms with Crippen LogP contribution in [0.2, 0.25) is 0 Å². The summed E-state index contributed by atoms with van der Waals surface area (Å²) < 4.78 is 7.29. The maximum absolute atomic E-state index is 5.55. The van der Waals surface area contributed by atoms with Crippen LogP contribution in [-0.2, 0) is 6.54 Å². The summed E-state index contributed by atoms with van der Waals surface area (Å²) in [5, 5.41) is 3.99. The Morgan fingerprint density at radius 1 is 1.27 bits per heavy atom. The number of aromatic nitrogens is 3. The molecule has 4 heteroatoms. The zero-order valence-corrected chi connectivity index (χ0v) is 8.63. The van der Waals surface area contributed by atoms with Crippen molar-refractivity contribution < 1.29 is 4.74 Å². The first kappa shape index (κ1) is 9.71. The summed E-state index contributed by atoms with van der Waals surface area (Å²) in [7, 11) is 0. The van der Waals surface area contributed by atoms with Crippen LogP contribution in [0, 0.1) is 6.92 Å². The molecule has 0 saturated heterocycles. The van der Waals surface area contributed by atoms with E-state index in [0.717, 1.165) is 5.75 Å². The van der Waals surface area contributed by atoms with Gasteiger partial charge < -0.3 is 4.74 Å². The molecule has 0 unspecified atom stereocenters. The van der Waals surface area contributed by atoms with Crippen LogP contribution in [0.4, 0.5) is 0 Å². The van der Waals surface area contributed by atoms with Crippen molar-refractivity contribution >= 4 is 0 Å². The van der Waals surface area contributed by atoms with Crippen molar-refractivity contribution in [3.8, 4) is 5.75 Å². The van der Waals surface area contributed by atoms with Crippen molar-refractivity contribution in [1.29, 1.82) is 0 Å². The van der Waals surface area contributed by atoms with E-state index in [0.29, 0.717) is 13.2 Å². The van der Waals surface area contributed by atoms with Gasteiger partial charge in [0.25, 0.3) is 0 Å². The van der Waals surface area contributed by atoms with Crippen molar-refractivity contribution in [2.45, 2.75) is 13.5 Å². The molecule has 0 fully saturated rings. The highest BCUT2D eigenvalue weighted by Gasteiger charge is 1.94. The van der Waals surface area contributed by atoms with Crippen molar-refractivity contribution in [2.24, 2.45) is 0 Å². The molecular formula is C11H13N3O. The third kappa shape index (κ3) is 2.80. The lowest BCUT2D eigenvalue weighted by Crippen LogP contribution is -2.08.